The standard InChI is InChI=1S/C13H11F6NO/c1-7-2-3-11(21)20(7)10-5-8(12(14,15)16)4-9(6-10)13(17,18)19/h4-7H,2-3H2,1H3. The molecule has 21 heavy (non-hydrogen) atoms. The number of halogens is 6. The molecule has 2 rings (SSSR count). The molecule has 1 fully saturated rings. The summed E-state index contributed by atoms with van der Waals surface area (Å²) in [5, 5.41) is 0. The fraction of sp³-hybridized carbons (Fsp3) is 0.462. The molecule has 1 amide bonds. The number of benzene rings is 1. The summed E-state index contributed by atoms with van der Waals surface area (Å²) in [5.41, 5.74) is -3.20. The Bertz CT molecular complexity index is 531. The van der Waals surface area contributed by atoms with Crippen molar-refractivity contribution in [3.8, 4) is 0 Å². The number of alkyl halides is 6. The maximum absolute atomic E-state index is 12.7. The van der Waals surface area contributed by atoms with E-state index >= 15 is 0 Å². The molecular weight excluding hydrogens is 300 g/mol. The Kier molecular flexibility index (Phi) is 3.67. The molecule has 1 aliphatic rings. The number of hydrogen-bond donors (Lipinski definition) is 0. The van der Waals surface area contributed by atoms with E-state index in [1.807, 2.05) is 0 Å². The molecule has 8 heteroatoms. The van der Waals surface area contributed by atoms with Crippen LogP contribution in [0.15, 0.2) is 18.2 Å². The van der Waals surface area contributed by atoms with Crippen LogP contribution < -0.4 is 4.90 Å². The highest BCUT2D eigenvalue weighted by atomic mass is 19.4. The Morgan fingerprint density at radius 1 is 1.00 bits per heavy atom. The normalized spacial score (nSPS) is 20.2. The predicted molar refractivity (Wildman–Crippen MR) is 62.6 cm³/mol. The Balaban J connectivity index is 2.58. The third-order valence-electron chi connectivity index (χ3n) is 3.34. The van der Waals surface area contributed by atoms with E-state index in [-0.39, 0.29) is 18.2 Å². The quantitative estimate of drug-likeness (QED) is 0.710. The van der Waals surface area contributed by atoms with Crippen LogP contribution >= 0.6 is 0 Å². The minimum absolute atomic E-state index is 0.0503. The molecule has 0 N–H and O–H groups in total. The zero-order chi connectivity index (χ0) is 16.0. The van der Waals surface area contributed by atoms with Crippen LogP contribution in [-0.4, -0.2) is 11.9 Å². The SMILES string of the molecule is CC1CCC(=O)N1c1cc(C(F)(F)F)cc(C(F)(F)F)c1. The maximum atomic E-state index is 12.7. The van der Waals surface area contributed by atoms with Crippen LogP contribution in [0.4, 0.5) is 32.0 Å². The van der Waals surface area contributed by atoms with Gasteiger partial charge in [0.15, 0.2) is 0 Å². The average Bonchev–Trinajstić information content (AvgIpc) is 2.66. The number of nitrogens with zero attached hydrogens (tertiary/aromatic N) is 1. The van der Waals surface area contributed by atoms with Gasteiger partial charge in [0, 0.05) is 18.2 Å². The van der Waals surface area contributed by atoms with Crippen molar-refractivity contribution < 1.29 is 31.1 Å². The van der Waals surface area contributed by atoms with E-state index < -0.39 is 35.4 Å². The number of anilines is 1. The topological polar surface area (TPSA) is 20.3 Å². The largest absolute Gasteiger partial charge is 0.416 e. The molecule has 0 saturated carbocycles. The van der Waals surface area contributed by atoms with Gasteiger partial charge in [0.2, 0.25) is 5.91 Å². The minimum atomic E-state index is -4.91. The molecule has 0 radical (unpaired) electrons. The molecule has 0 aliphatic carbocycles. The molecule has 1 unspecified atom stereocenters. The highest BCUT2D eigenvalue weighted by Gasteiger charge is 2.39. The first-order chi connectivity index (χ1) is 9.50. The fourth-order valence-corrected chi connectivity index (χ4v) is 2.30. The van der Waals surface area contributed by atoms with E-state index in [2.05, 4.69) is 0 Å². The maximum Gasteiger partial charge on any atom is 0.416 e. The van der Waals surface area contributed by atoms with E-state index in [1.54, 1.807) is 6.92 Å². The van der Waals surface area contributed by atoms with Crippen LogP contribution in [0.1, 0.15) is 30.9 Å². The smallest absolute Gasteiger partial charge is 0.310 e. The van der Waals surface area contributed by atoms with Gasteiger partial charge in [0.25, 0.3) is 0 Å². The lowest BCUT2D eigenvalue weighted by atomic mass is 10.1. The number of carbonyl (C=O) groups excluding carboxylic acids is 1. The van der Waals surface area contributed by atoms with E-state index in [9.17, 15) is 31.1 Å². The van der Waals surface area contributed by atoms with Crippen molar-refractivity contribution in [2.75, 3.05) is 4.90 Å². The zero-order valence-corrected chi connectivity index (χ0v) is 10.8. The van der Waals surface area contributed by atoms with Gasteiger partial charge in [0.05, 0.1) is 11.1 Å². The summed E-state index contributed by atoms with van der Waals surface area (Å²) in [5.74, 6) is -0.477. The summed E-state index contributed by atoms with van der Waals surface area (Å²) < 4.78 is 76.5. The fourth-order valence-electron chi connectivity index (χ4n) is 2.30. The second-order valence-corrected chi connectivity index (χ2v) is 4.92. The van der Waals surface area contributed by atoms with Crippen LogP contribution in [0.2, 0.25) is 0 Å². The molecule has 1 aromatic rings. The Labute approximate surface area is 116 Å². The molecule has 1 aliphatic heterocycles. The number of carbonyl (C=O) groups is 1. The van der Waals surface area contributed by atoms with Gasteiger partial charge in [-0.15, -0.1) is 0 Å². The number of amides is 1. The van der Waals surface area contributed by atoms with E-state index in [4.69, 9.17) is 0 Å². The van der Waals surface area contributed by atoms with Crippen LogP contribution in [0, 0.1) is 0 Å². The molecule has 2 nitrogen and oxygen atoms in total. The van der Waals surface area contributed by atoms with E-state index in [1.165, 1.54) is 0 Å². The Hall–Kier alpha value is -1.73. The van der Waals surface area contributed by atoms with Crippen LogP contribution in [0.3, 0.4) is 0 Å². The molecule has 116 valence electrons. The molecule has 0 bridgehead atoms. The summed E-state index contributed by atoms with van der Waals surface area (Å²) in [4.78, 5) is 12.7. The van der Waals surface area contributed by atoms with Crippen LogP contribution in [0.5, 0.6) is 0 Å². The van der Waals surface area contributed by atoms with E-state index in [0.717, 1.165) is 4.90 Å². The Morgan fingerprint density at radius 2 is 1.48 bits per heavy atom. The lowest BCUT2D eigenvalue weighted by Gasteiger charge is -2.24. The third-order valence-corrected chi connectivity index (χ3v) is 3.34. The number of hydrogen-bond acceptors (Lipinski definition) is 1. The lowest BCUT2D eigenvalue weighted by molar-refractivity contribution is -0.143. The van der Waals surface area contributed by atoms with Crippen LogP contribution in [-0.2, 0) is 17.1 Å². The van der Waals surface area contributed by atoms with Gasteiger partial charge in [-0.1, -0.05) is 0 Å². The number of rotatable bonds is 1. The summed E-state index contributed by atoms with van der Waals surface area (Å²) in [6.07, 6.45) is -9.32. The van der Waals surface area contributed by atoms with Gasteiger partial charge in [0.1, 0.15) is 0 Å². The Morgan fingerprint density at radius 3 is 1.81 bits per heavy atom. The van der Waals surface area contributed by atoms with Crippen molar-refractivity contribution in [1.29, 1.82) is 0 Å². The van der Waals surface area contributed by atoms with Crippen molar-refractivity contribution >= 4 is 11.6 Å². The molecule has 1 atom stereocenters. The van der Waals surface area contributed by atoms with Gasteiger partial charge >= 0.3 is 12.4 Å². The predicted octanol–water partition coefficient (Wildman–Crippen LogP) is 4.24. The molecule has 1 heterocycles. The average molecular weight is 311 g/mol. The molecule has 1 saturated heterocycles. The van der Waals surface area contributed by atoms with Crippen LogP contribution in [0.25, 0.3) is 0 Å². The molecular formula is C13H11F6NO. The summed E-state index contributed by atoms with van der Waals surface area (Å²) in [7, 11) is 0. The van der Waals surface area contributed by atoms with Gasteiger partial charge in [-0.2, -0.15) is 26.3 Å². The monoisotopic (exact) mass is 311 g/mol. The van der Waals surface area contributed by atoms with Crippen molar-refractivity contribution in [3.05, 3.63) is 29.3 Å². The molecule has 1 aromatic carbocycles. The first kappa shape index (κ1) is 15.7. The van der Waals surface area contributed by atoms with Gasteiger partial charge in [-0.05, 0) is 31.5 Å². The zero-order valence-electron chi connectivity index (χ0n) is 10.8. The second-order valence-electron chi connectivity index (χ2n) is 4.92. The van der Waals surface area contributed by atoms with Crippen molar-refractivity contribution in [2.45, 2.75) is 38.2 Å². The van der Waals surface area contributed by atoms with Gasteiger partial charge in [-0.25, -0.2) is 0 Å². The van der Waals surface area contributed by atoms with Crippen molar-refractivity contribution in [1.82, 2.24) is 0 Å². The van der Waals surface area contributed by atoms with Crippen molar-refractivity contribution in [2.24, 2.45) is 0 Å². The minimum Gasteiger partial charge on any atom is -0.310 e. The van der Waals surface area contributed by atoms with E-state index in [0.29, 0.717) is 18.6 Å². The summed E-state index contributed by atoms with van der Waals surface area (Å²) >= 11 is 0. The molecule has 0 aromatic heterocycles. The van der Waals surface area contributed by atoms with Crippen molar-refractivity contribution in [3.63, 3.8) is 0 Å². The first-order valence-electron chi connectivity index (χ1n) is 6.11. The summed E-state index contributed by atoms with van der Waals surface area (Å²) in [6, 6.07) is 0.778. The second kappa shape index (κ2) is 4.92. The molecule has 0 spiro atoms. The highest BCUT2D eigenvalue weighted by molar-refractivity contribution is 5.96. The third kappa shape index (κ3) is 3.14. The van der Waals surface area contributed by atoms with Gasteiger partial charge in [-0.3, -0.25) is 4.79 Å². The first-order valence-corrected chi connectivity index (χ1v) is 6.11. The summed E-state index contributed by atoms with van der Waals surface area (Å²) in [6.45, 7) is 1.58. The lowest BCUT2D eigenvalue weighted by Crippen LogP contribution is -2.31. The highest BCUT2D eigenvalue weighted by Crippen LogP contribution is 2.39. The van der Waals surface area contributed by atoms with Gasteiger partial charge < -0.3 is 4.90 Å².